The van der Waals surface area contributed by atoms with Crippen molar-refractivity contribution in [2.45, 2.75) is 38.8 Å². The summed E-state index contributed by atoms with van der Waals surface area (Å²) in [6.07, 6.45) is 2.45. The molecule has 3 heteroatoms. The Bertz CT molecular complexity index is 178. The Kier molecular flexibility index (Phi) is 4.20. The molecule has 13 heavy (non-hydrogen) atoms. The van der Waals surface area contributed by atoms with Gasteiger partial charge in [0, 0.05) is 19.1 Å². The van der Waals surface area contributed by atoms with Crippen molar-refractivity contribution in [3.63, 3.8) is 0 Å². The van der Waals surface area contributed by atoms with Gasteiger partial charge in [-0.15, -0.1) is 0 Å². The van der Waals surface area contributed by atoms with Gasteiger partial charge in [-0.1, -0.05) is 0 Å². The van der Waals surface area contributed by atoms with Crippen molar-refractivity contribution in [2.75, 3.05) is 19.7 Å². The average Bonchev–Trinajstić information content (AvgIpc) is 2.15. The molecule has 0 atom stereocenters. The van der Waals surface area contributed by atoms with Gasteiger partial charge in [0.25, 0.3) is 0 Å². The highest BCUT2D eigenvalue weighted by atomic mass is 16.5. The van der Waals surface area contributed by atoms with E-state index >= 15 is 0 Å². The summed E-state index contributed by atoms with van der Waals surface area (Å²) in [6, 6.07) is 2.65. The first-order valence-corrected chi connectivity index (χ1v) is 4.96. The van der Waals surface area contributed by atoms with Crippen LogP contribution in [0.5, 0.6) is 0 Å². The van der Waals surface area contributed by atoms with Gasteiger partial charge in [0.2, 0.25) is 0 Å². The Balaban J connectivity index is 2.19. The highest BCUT2D eigenvalue weighted by molar-refractivity contribution is 4.76. The predicted molar refractivity (Wildman–Crippen MR) is 51.3 cm³/mol. The third kappa shape index (κ3) is 3.33. The van der Waals surface area contributed by atoms with Crippen molar-refractivity contribution in [1.29, 1.82) is 5.26 Å². The fraction of sp³-hybridized carbons (Fsp3) is 0.900. The molecule has 0 aliphatic carbocycles. The molecule has 0 saturated carbocycles. The Morgan fingerprint density at radius 1 is 1.46 bits per heavy atom. The first kappa shape index (κ1) is 10.5. The third-order valence-corrected chi connectivity index (χ3v) is 2.59. The Morgan fingerprint density at radius 2 is 2.08 bits per heavy atom. The zero-order valence-electron chi connectivity index (χ0n) is 8.49. The van der Waals surface area contributed by atoms with Crippen molar-refractivity contribution in [3.05, 3.63) is 0 Å². The fourth-order valence-electron chi connectivity index (χ4n) is 1.71. The number of hydrogen-bond donors (Lipinski definition) is 0. The number of nitriles is 1. The molecule has 1 aliphatic rings. The molecule has 0 aromatic rings. The van der Waals surface area contributed by atoms with Crippen LogP contribution in [0.1, 0.15) is 26.7 Å². The Hall–Kier alpha value is -0.590. The van der Waals surface area contributed by atoms with E-state index in [1.54, 1.807) is 0 Å². The second kappa shape index (κ2) is 5.21. The molecule has 1 heterocycles. The lowest BCUT2D eigenvalue weighted by Gasteiger charge is -2.34. The van der Waals surface area contributed by atoms with Crippen LogP contribution in [0, 0.1) is 11.3 Å². The molecular weight excluding hydrogens is 164 g/mol. The predicted octanol–water partition coefficient (Wildman–Crippen LogP) is 1.40. The minimum absolute atomic E-state index is 0.242. The number of hydrogen-bond acceptors (Lipinski definition) is 3. The second-order valence-corrected chi connectivity index (χ2v) is 3.80. The van der Waals surface area contributed by atoms with E-state index in [-0.39, 0.29) is 6.61 Å². The van der Waals surface area contributed by atoms with Gasteiger partial charge in [-0.3, -0.25) is 0 Å². The molecule has 1 rings (SSSR count). The van der Waals surface area contributed by atoms with E-state index in [1.807, 2.05) is 6.07 Å². The van der Waals surface area contributed by atoms with Crippen molar-refractivity contribution in [1.82, 2.24) is 4.90 Å². The molecule has 0 N–H and O–H groups in total. The maximum atomic E-state index is 8.35. The minimum atomic E-state index is 0.242. The van der Waals surface area contributed by atoms with E-state index in [4.69, 9.17) is 10.00 Å². The topological polar surface area (TPSA) is 36.3 Å². The van der Waals surface area contributed by atoms with Crippen LogP contribution in [0.4, 0.5) is 0 Å². The summed E-state index contributed by atoms with van der Waals surface area (Å²) < 4.78 is 5.37. The monoisotopic (exact) mass is 182 g/mol. The maximum absolute atomic E-state index is 8.35. The number of likely N-dealkylation sites (tertiary alicyclic amines) is 1. The van der Waals surface area contributed by atoms with Crippen molar-refractivity contribution >= 4 is 0 Å². The Labute approximate surface area is 80.3 Å². The number of rotatable bonds is 3. The number of ether oxygens (including phenoxy) is 1. The quantitative estimate of drug-likeness (QED) is 0.662. The summed E-state index contributed by atoms with van der Waals surface area (Å²) in [5.41, 5.74) is 0. The summed E-state index contributed by atoms with van der Waals surface area (Å²) in [4.78, 5) is 2.45. The van der Waals surface area contributed by atoms with Crippen LogP contribution >= 0.6 is 0 Å². The highest BCUT2D eigenvalue weighted by Gasteiger charge is 2.20. The van der Waals surface area contributed by atoms with Gasteiger partial charge in [0.05, 0.1) is 12.2 Å². The van der Waals surface area contributed by atoms with E-state index in [0.717, 1.165) is 25.9 Å². The molecule has 1 aliphatic heterocycles. The molecule has 0 aromatic heterocycles. The maximum Gasteiger partial charge on any atom is 0.134 e. The van der Waals surface area contributed by atoms with Gasteiger partial charge < -0.3 is 9.64 Å². The Morgan fingerprint density at radius 3 is 2.54 bits per heavy atom. The van der Waals surface area contributed by atoms with Gasteiger partial charge in [0.1, 0.15) is 6.61 Å². The molecule has 0 spiro atoms. The number of piperidine rings is 1. The van der Waals surface area contributed by atoms with Gasteiger partial charge in [-0.2, -0.15) is 5.26 Å². The van der Waals surface area contributed by atoms with E-state index < -0.39 is 0 Å². The third-order valence-electron chi connectivity index (χ3n) is 2.59. The van der Waals surface area contributed by atoms with Gasteiger partial charge in [-0.25, -0.2) is 0 Å². The molecule has 0 aromatic carbocycles. The lowest BCUT2D eigenvalue weighted by atomic mass is 10.1. The lowest BCUT2D eigenvalue weighted by Crippen LogP contribution is -2.40. The van der Waals surface area contributed by atoms with Crippen LogP contribution in [-0.4, -0.2) is 36.7 Å². The second-order valence-electron chi connectivity index (χ2n) is 3.80. The van der Waals surface area contributed by atoms with Gasteiger partial charge in [-0.05, 0) is 26.7 Å². The number of nitrogens with zero attached hydrogens (tertiary/aromatic N) is 2. The van der Waals surface area contributed by atoms with Crippen molar-refractivity contribution < 1.29 is 4.74 Å². The van der Waals surface area contributed by atoms with Crippen LogP contribution in [0.25, 0.3) is 0 Å². The van der Waals surface area contributed by atoms with E-state index in [1.165, 1.54) is 0 Å². The smallest absolute Gasteiger partial charge is 0.134 e. The van der Waals surface area contributed by atoms with Crippen LogP contribution in [0.3, 0.4) is 0 Å². The standard InChI is InChI=1S/C10H18N2O/c1-9(2)12-6-3-10(4-7-12)13-8-5-11/h9-10H,3-4,6-8H2,1-2H3. The first-order chi connectivity index (χ1) is 6.24. The summed E-state index contributed by atoms with van der Waals surface area (Å²) >= 11 is 0. The average molecular weight is 182 g/mol. The SMILES string of the molecule is CC(C)N1CCC(OCC#N)CC1. The minimum Gasteiger partial charge on any atom is -0.363 e. The molecule has 0 amide bonds. The van der Waals surface area contributed by atoms with Crippen molar-refractivity contribution in [2.24, 2.45) is 0 Å². The molecule has 0 bridgehead atoms. The molecule has 0 radical (unpaired) electrons. The summed E-state index contributed by atoms with van der Waals surface area (Å²) in [7, 11) is 0. The van der Waals surface area contributed by atoms with Crippen molar-refractivity contribution in [3.8, 4) is 6.07 Å². The van der Waals surface area contributed by atoms with Gasteiger partial charge >= 0.3 is 0 Å². The van der Waals surface area contributed by atoms with E-state index in [2.05, 4.69) is 18.7 Å². The van der Waals surface area contributed by atoms with E-state index in [0.29, 0.717) is 12.1 Å². The zero-order chi connectivity index (χ0) is 9.68. The summed E-state index contributed by atoms with van der Waals surface area (Å²) in [6.45, 7) is 6.89. The molecule has 3 nitrogen and oxygen atoms in total. The highest BCUT2D eigenvalue weighted by Crippen LogP contribution is 2.15. The summed E-state index contributed by atoms with van der Waals surface area (Å²) in [5, 5.41) is 8.35. The molecule has 74 valence electrons. The zero-order valence-corrected chi connectivity index (χ0v) is 8.49. The normalized spacial score (nSPS) is 20.5. The van der Waals surface area contributed by atoms with E-state index in [9.17, 15) is 0 Å². The fourth-order valence-corrected chi connectivity index (χ4v) is 1.71. The molecule has 1 saturated heterocycles. The van der Waals surface area contributed by atoms with Gasteiger partial charge in [0.15, 0.2) is 0 Å². The van der Waals surface area contributed by atoms with Crippen LogP contribution in [-0.2, 0) is 4.74 Å². The van der Waals surface area contributed by atoms with Crippen LogP contribution in [0.2, 0.25) is 0 Å². The van der Waals surface area contributed by atoms with Crippen LogP contribution in [0.15, 0.2) is 0 Å². The first-order valence-electron chi connectivity index (χ1n) is 4.96. The molecule has 0 unspecified atom stereocenters. The largest absolute Gasteiger partial charge is 0.363 e. The summed E-state index contributed by atoms with van der Waals surface area (Å²) in [5.74, 6) is 0. The van der Waals surface area contributed by atoms with Crippen LogP contribution < -0.4 is 0 Å². The molecular formula is C10H18N2O. The molecule has 1 fully saturated rings. The lowest BCUT2D eigenvalue weighted by molar-refractivity contribution is 0.0166.